The SMILES string of the molecule is [B]c1cccc(-c2cc(F)c(CN3CCC(CC(=O)O)CC3)c(OC)c2)c1Cl. The summed E-state index contributed by atoms with van der Waals surface area (Å²) in [5.41, 5.74) is 2.19. The second kappa shape index (κ2) is 8.97. The van der Waals surface area contributed by atoms with Crippen molar-refractivity contribution in [1.29, 1.82) is 0 Å². The quantitative estimate of drug-likeness (QED) is 0.751. The number of ether oxygens (including phenoxy) is 1. The van der Waals surface area contributed by atoms with Crippen molar-refractivity contribution in [2.24, 2.45) is 5.92 Å². The highest BCUT2D eigenvalue weighted by Gasteiger charge is 2.23. The molecule has 0 spiro atoms. The summed E-state index contributed by atoms with van der Waals surface area (Å²) in [6.45, 7) is 1.90. The van der Waals surface area contributed by atoms with Gasteiger partial charge in [0.05, 0.1) is 7.11 Å². The Morgan fingerprint density at radius 1 is 1.36 bits per heavy atom. The van der Waals surface area contributed by atoms with Crippen LogP contribution in [0.4, 0.5) is 4.39 Å². The molecule has 0 unspecified atom stereocenters. The fraction of sp³-hybridized carbons (Fsp3) is 0.381. The summed E-state index contributed by atoms with van der Waals surface area (Å²) in [6.07, 6.45) is 1.79. The van der Waals surface area contributed by atoms with Crippen molar-refractivity contribution in [3.63, 3.8) is 0 Å². The highest BCUT2D eigenvalue weighted by molar-refractivity contribution is 6.46. The number of hydrogen-bond acceptors (Lipinski definition) is 3. The molecule has 1 saturated heterocycles. The molecule has 1 aliphatic rings. The molecule has 28 heavy (non-hydrogen) atoms. The van der Waals surface area contributed by atoms with Crippen LogP contribution in [-0.4, -0.2) is 44.0 Å². The Morgan fingerprint density at radius 3 is 2.71 bits per heavy atom. The van der Waals surface area contributed by atoms with Crippen molar-refractivity contribution in [3.8, 4) is 16.9 Å². The molecule has 2 radical (unpaired) electrons. The zero-order chi connectivity index (χ0) is 20.3. The number of piperidine rings is 1. The van der Waals surface area contributed by atoms with Gasteiger partial charge in [-0.05, 0) is 55.1 Å². The molecule has 7 heteroatoms. The predicted octanol–water partition coefficient (Wildman–Crippen LogP) is 3.64. The number of aliphatic carboxylic acids is 1. The van der Waals surface area contributed by atoms with Crippen LogP contribution in [-0.2, 0) is 11.3 Å². The van der Waals surface area contributed by atoms with Crippen LogP contribution < -0.4 is 10.2 Å². The van der Waals surface area contributed by atoms with Crippen molar-refractivity contribution in [1.82, 2.24) is 4.90 Å². The minimum absolute atomic E-state index is 0.188. The smallest absolute Gasteiger partial charge is 0.303 e. The lowest BCUT2D eigenvalue weighted by molar-refractivity contribution is -0.138. The Balaban J connectivity index is 1.79. The molecular weight excluding hydrogens is 379 g/mol. The molecule has 0 aliphatic carbocycles. The Labute approximate surface area is 170 Å². The Bertz CT molecular complexity index is 869. The van der Waals surface area contributed by atoms with Gasteiger partial charge in [0.15, 0.2) is 0 Å². The van der Waals surface area contributed by atoms with E-state index in [1.807, 2.05) is 0 Å². The maximum Gasteiger partial charge on any atom is 0.303 e. The predicted molar refractivity (Wildman–Crippen MR) is 109 cm³/mol. The van der Waals surface area contributed by atoms with Gasteiger partial charge >= 0.3 is 5.97 Å². The molecule has 1 heterocycles. The van der Waals surface area contributed by atoms with Crippen LogP contribution in [0.1, 0.15) is 24.8 Å². The van der Waals surface area contributed by atoms with Gasteiger partial charge in [0.25, 0.3) is 0 Å². The Hall–Kier alpha value is -2.05. The van der Waals surface area contributed by atoms with E-state index in [-0.39, 0.29) is 18.2 Å². The molecule has 0 atom stereocenters. The van der Waals surface area contributed by atoms with Gasteiger partial charge < -0.3 is 9.84 Å². The number of benzene rings is 2. The molecule has 146 valence electrons. The average molecular weight is 402 g/mol. The third kappa shape index (κ3) is 4.68. The van der Waals surface area contributed by atoms with E-state index in [1.54, 1.807) is 24.3 Å². The summed E-state index contributed by atoms with van der Waals surface area (Å²) in [6, 6.07) is 8.49. The van der Waals surface area contributed by atoms with Crippen LogP contribution in [0.3, 0.4) is 0 Å². The first kappa shape index (κ1) is 20.7. The number of carboxylic acid groups (broad SMARTS) is 1. The number of halogens is 2. The molecule has 3 rings (SSSR count). The van der Waals surface area contributed by atoms with E-state index >= 15 is 0 Å². The number of carbonyl (C=O) groups is 1. The second-order valence-electron chi connectivity index (χ2n) is 7.17. The van der Waals surface area contributed by atoms with Crippen LogP contribution in [0.2, 0.25) is 5.02 Å². The fourth-order valence-corrected chi connectivity index (χ4v) is 3.93. The lowest BCUT2D eigenvalue weighted by Gasteiger charge is -2.31. The summed E-state index contributed by atoms with van der Waals surface area (Å²) in [5.74, 6) is -0.475. The number of methoxy groups -OCH3 is 1. The van der Waals surface area contributed by atoms with Crippen molar-refractivity contribution >= 4 is 30.9 Å². The van der Waals surface area contributed by atoms with Gasteiger partial charge in [-0.15, -0.1) is 0 Å². The van der Waals surface area contributed by atoms with Gasteiger partial charge in [-0.3, -0.25) is 9.69 Å². The van der Waals surface area contributed by atoms with Crippen LogP contribution >= 0.6 is 11.6 Å². The fourth-order valence-electron chi connectivity index (χ4n) is 3.69. The van der Waals surface area contributed by atoms with Crippen LogP contribution in [0.15, 0.2) is 30.3 Å². The molecule has 0 aromatic heterocycles. The molecule has 1 aliphatic heterocycles. The monoisotopic (exact) mass is 401 g/mol. The molecule has 1 N–H and O–H groups in total. The zero-order valence-corrected chi connectivity index (χ0v) is 16.5. The first-order valence-electron chi connectivity index (χ1n) is 9.24. The van der Waals surface area contributed by atoms with Crippen LogP contribution in [0, 0.1) is 11.7 Å². The van der Waals surface area contributed by atoms with E-state index in [0.717, 1.165) is 25.9 Å². The zero-order valence-electron chi connectivity index (χ0n) is 15.8. The van der Waals surface area contributed by atoms with Gasteiger partial charge in [-0.2, -0.15) is 0 Å². The summed E-state index contributed by atoms with van der Waals surface area (Å²) >= 11 is 6.28. The highest BCUT2D eigenvalue weighted by Crippen LogP contribution is 2.34. The number of rotatable bonds is 6. The van der Waals surface area contributed by atoms with E-state index in [2.05, 4.69) is 4.90 Å². The van der Waals surface area contributed by atoms with Gasteiger partial charge in [0.1, 0.15) is 19.4 Å². The number of likely N-dealkylation sites (tertiary alicyclic amines) is 1. The largest absolute Gasteiger partial charge is 0.496 e. The Kier molecular flexibility index (Phi) is 6.63. The van der Waals surface area contributed by atoms with Gasteiger partial charge in [0, 0.05) is 23.6 Å². The first-order valence-corrected chi connectivity index (χ1v) is 9.61. The summed E-state index contributed by atoms with van der Waals surface area (Å²) < 4.78 is 20.4. The standard InChI is InChI=1S/C21H22BClFNO3/c1-28-19-11-14(15-3-2-4-17(22)21(15)23)10-18(24)16(19)12-25-7-5-13(6-8-25)9-20(26)27/h2-4,10-11,13H,5-9,12H2,1H3,(H,26,27). The molecular formula is C21H22BClFNO3. The summed E-state index contributed by atoms with van der Waals surface area (Å²) in [4.78, 5) is 13.0. The van der Waals surface area contributed by atoms with E-state index < -0.39 is 5.97 Å². The molecule has 2 aromatic carbocycles. The normalized spacial score (nSPS) is 15.5. The van der Waals surface area contributed by atoms with E-state index in [4.69, 9.17) is 29.3 Å². The van der Waals surface area contributed by atoms with E-state index in [9.17, 15) is 9.18 Å². The highest BCUT2D eigenvalue weighted by atomic mass is 35.5. The van der Waals surface area contributed by atoms with Crippen molar-refractivity contribution in [2.45, 2.75) is 25.8 Å². The molecule has 0 amide bonds. The lowest BCUT2D eigenvalue weighted by atomic mass is 9.91. The van der Waals surface area contributed by atoms with Crippen LogP contribution in [0.5, 0.6) is 5.75 Å². The number of hydrogen-bond donors (Lipinski definition) is 1. The maximum atomic E-state index is 15.0. The first-order chi connectivity index (χ1) is 13.4. The molecule has 0 bridgehead atoms. The van der Waals surface area contributed by atoms with Gasteiger partial charge in [-0.1, -0.05) is 35.3 Å². The topological polar surface area (TPSA) is 49.8 Å². The number of nitrogens with zero attached hydrogens (tertiary/aromatic N) is 1. The minimum atomic E-state index is -0.762. The summed E-state index contributed by atoms with van der Waals surface area (Å²) in [7, 11) is 7.38. The third-order valence-electron chi connectivity index (χ3n) is 5.27. The molecule has 0 saturated carbocycles. The summed E-state index contributed by atoms with van der Waals surface area (Å²) in [5, 5.41) is 9.32. The maximum absolute atomic E-state index is 15.0. The van der Waals surface area contributed by atoms with Crippen molar-refractivity contribution in [2.75, 3.05) is 20.2 Å². The van der Waals surface area contributed by atoms with Gasteiger partial charge in [0.2, 0.25) is 0 Å². The second-order valence-corrected chi connectivity index (χ2v) is 7.54. The molecule has 1 fully saturated rings. The molecule has 2 aromatic rings. The minimum Gasteiger partial charge on any atom is -0.496 e. The van der Waals surface area contributed by atoms with Gasteiger partial charge in [-0.25, -0.2) is 4.39 Å². The Morgan fingerprint density at radius 2 is 2.07 bits per heavy atom. The molecule has 4 nitrogen and oxygen atoms in total. The van der Waals surface area contributed by atoms with E-state index in [0.29, 0.717) is 39.5 Å². The lowest BCUT2D eigenvalue weighted by Crippen LogP contribution is -2.34. The van der Waals surface area contributed by atoms with Crippen molar-refractivity contribution < 1.29 is 19.0 Å². The third-order valence-corrected chi connectivity index (χ3v) is 5.69. The van der Waals surface area contributed by atoms with E-state index in [1.165, 1.54) is 13.2 Å². The number of carboxylic acids is 1. The van der Waals surface area contributed by atoms with Crippen molar-refractivity contribution in [3.05, 3.63) is 46.7 Å². The van der Waals surface area contributed by atoms with Crippen LogP contribution in [0.25, 0.3) is 11.1 Å². The average Bonchev–Trinajstić information content (AvgIpc) is 2.66.